The number of esters is 1. The molecule has 2 heterocycles. The number of benzene rings is 1. The molecule has 1 aromatic heterocycles. The quantitative estimate of drug-likeness (QED) is 0.242. The van der Waals surface area contributed by atoms with Crippen LogP contribution in [0.5, 0.6) is 11.5 Å². The molecule has 10 heteroatoms. The highest BCUT2D eigenvalue weighted by Gasteiger charge is 2.40. The Morgan fingerprint density at radius 2 is 2.00 bits per heavy atom. The van der Waals surface area contributed by atoms with Crippen LogP contribution in [0.2, 0.25) is 0 Å². The maximum Gasteiger partial charge on any atom is 0.317 e. The molecule has 0 radical (unpaired) electrons. The predicted molar refractivity (Wildman–Crippen MR) is 108 cm³/mol. The molecule has 0 saturated carbocycles. The third-order valence-corrected chi connectivity index (χ3v) is 4.96. The van der Waals surface area contributed by atoms with Crippen molar-refractivity contribution in [3.63, 3.8) is 0 Å². The predicted octanol–water partition coefficient (Wildman–Crippen LogP) is 1.78. The van der Waals surface area contributed by atoms with Crippen molar-refractivity contribution >= 4 is 11.8 Å². The van der Waals surface area contributed by atoms with Crippen molar-refractivity contribution in [2.75, 3.05) is 19.9 Å². The van der Waals surface area contributed by atoms with Crippen molar-refractivity contribution in [2.45, 2.75) is 25.8 Å². The number of fused-ring (bicyclic) bond motifs is 1. The van der Waals surface area contributed by atoms with Gasteiger partial charge in [-0.05, 0) is 30.7 Å². The van der Waals surface area contributed by atoms with E-state index < -0.39 is 35.1 Å². The van der Waals surface area contributed by atoms with Crippen LogP contribution in [0.3, 0.4) is 0 Å². The molecule has 2 atom stereocenters. The summed E-state index contributed by atoms with van der Waals surface area (Å²) in [5.41, 5.74) is 0.102. The Bertz CT molecular complexity index is 1030. The molecule has 10 nitrogen and oxygen atoms in total. The molecule has 0 spiro atoms. The zero-order chi connectivity index (χ0) is 22.4. The van der Waals surface area contributed by atoms with Gasteiger partial charge in [-0.15, -0.1) is 0 Å². The van der Waals surface area contributed by atoms with Crippen LogP contribution in [0.15, 0.2) is 47.4 Å². The summed E-state index contributed by atoms with van der Waals surface area (Å²) < 4.78 is 17.0. The van der Waals surface area contributed by atoms with E-state index in [-0.39, 0.29) is 31.9 Å². The molecule has 1 aliphatic rings. The van der Waals surface area contributed by atoms with Gasteiger partial charge in [0.05, 0.1) is 12.5 Å². The second kappa shape index (κ2) is 9.88. The summed E-state index contributed by atoms with van der Waals surface area (Å²) in [4.78, 5) is 48.5. The third-order valence-electron chi connectivity index (χ3n) is 4.96. The number of hydrogen-bond acceptors (Lipinski definition) is 8. The molecule has 0 amide bonds. The highest BCUT2D eigenvalue weighted by atomic mass is 16.7. The zero-order valence-corrected chi connectivity index (χ0v) is 16.9. The number of aryl methyl sites for hydroxylation is 1. The summed E-state index contributed by atoms with van der Waals surface area (Å²) in [6.45, 7) is 1.02. The Balaban J connectivity index is 1.91. The normalized spacial score (nSPS) is 14.0. The van der Waals surface area contributed by atoms with Gasteiger partial charge in [-0.1, -0.05) is 12.1 Å². The Morgan fingerprint density at radius 3 is 2.71 bits per heavy atom. The number of ether oxygens (including phenoxy) is 3. The van der Waals surface area contributed by atoms with E-state index in [4.69, 9.17) is 14.2 Å². The first-order valence-corrected chi connectivity index (χ1v) is 9.77. The summed E-state index contributed by atoms with van der Waals surface area (Å²) in [6.07, 6.45) is 1.37. The number of aromatic nitrogens is 1. The van der Waals surface area contributed by atoms with Crippen LogP contribution in [0, 0.1) is 16.0 Å². The zero-order valence-electron chi connectivity index (χ0n) is 16.9. The lowest BCUT2D eigenvalue weighted by atomic mass is 9.82. The van der Waals surface area contributed by atoms with Crippen molar-refractivity contribution in [3.8, 4) is 11.5 Å². The standard InChI is InChI=1S/C21H22N2O8/c1-2-29-21(26)20(16(24)8-10-22-9-4-3-5-19(22)25)15(12-23(27)28)14-6-7-17-18(11-14)31-13-30-17/h3-7,9,11,15,20H,2,8,10,12-13H2,1H3. The fourth-order valence-corrected chi connectivity index (χ4v) is 3.49. The van der Waals surface area contributed by atoms with Gasteiger partial charge in [-0.25, -0.2) is 0 Å². The number of ketones is 1. The van der Waals surface area contributed by atoms with Crippen LogP contribution < -0.4 is 15.0 Å². The van der Waals surface area contributed by atoms with E-state index in [1.165, 1.54) is 22.9 Å². The van der Waals surface area contributed by atoms with E-state index in [0.29, 0.717) is 17.1 Å². The molecule has 0 fully saturated rings. The average molecular weight is 430 g/mol. The van der Waals surface area contributed by atoms with Crippen LogP contribution in [0.25, 0.3) is 0 Å². The molecule has 2 unspecified atom stereocenters. The summed E-state index contributed by atoms with van der Waals surface area (Å²) in [6, 6.07) is 9.28. The van der Waals surface area contributed by atoms with Gasteiger partial charge >= 0.3 is 5.97 Å². The Morgan fingerprint density at radius 1 is 1.23 bits per heavy atom. The van der Waals surface area contributed by atoms with Gasteiger partial charge < -0.3 is 18.8 Å². The van der Waals surface area contributed by atoms with E-state index in [2.05, 4.69) is 0 Å². The lowest BCUT2D eigenvalue weighted by Gasteiger charge is -2.22. The monoisotopic (exact) mass is 430 g/mol. The van der Waals surface area contributed by atoms with Gasteiger partial charge in [0, 0.05) is 30.2 Å². The number of hydrogen-bond donors (Lipinski definition) is 0. The first-order valence-electron chi connectivity index (χ1n) is 9.77. The van der Waals surface area contributed by atoms with Crippen LogP contribution in [0.1, 0.15) is 24.8 Å². The van der Waals surface area contributed by atoms with Crippen LogP contribution >= 0.6 is 0 Å². The number of Topliss-reactive ketones (excluding diaryl/α,β-unsaturated/α-hetero) is 1. The fourth-order valence-electron chi connectivity index (χ4n) is 3.49. The van der Waals surface area contributed by atoms with Crippen molar-refractivity contribution < 1.29 is 28.7 Å². The van der Waals surface area contributed by atoms with Crippen LogP contribution in [-0.4, -0.2) is 41.2 Å². The third kappa shape index (κ3) is 5.27. The molecule has 1 aromatic carbocycles. The number of pyridine rings is 1. The minimum Gasteiger partial charge on any atom is -0.465 e. The Kier molecular flexibility index (Phi) is 7.01. The number of rotatable bonds is 10. The van der Waals surface area contributed by atoms with Gasteiger partial charge in [0.2, 0.25) is 13.3 Å². The van der Waals surface area contributed by atoms with Crippen molar-refractivity contribution in [3.05, 3.63) is 68.6 Å². The molecular weight excluding hydrogens is 408 g/mol. The Labute approximate surface area is 177 Å². The van der Waals surface area contributed by atoms with Crippen molar-refractivity contribution in [1.82, 2.24) is 4.57 Å². The maximum absolute atomic E-state index is 13.1. The minimum absolute atomic E-state index is 0.0186. The number of nitrogens with zero attached hydrogens (tertiary/aromatic N) is 2. The lowest BCUT2D eigenvalue weighted by Crippen LogP contribution is -2.36. The largest absolute Gasteiger partial charge is 0.465 e. The molecule has 31 heavy (non-hydrogen) atoms. The summed E-state index contributed by atoms with van der Waals surface area (Å²) in [7, 11) is 0. The number of nitro groups is 1. The first kappa shape index (κ1) is 22.0. The van der Waals surface area contributed by atoms with Crippen LogP contribution in [0.4, 0.5) is 0 Å². The number of carbonyl (C=O) groups is 2. The lowest BCUT2D eigenvalue weighted by molar-refractivity contribution is -0.484. The summed E-state index contributed by atoms with van der Waals surface area (Å²) >= 11 is 0. The van der Waals surface area contributed by atoms with Gasteiger partial charge in [0.15, 0.2) is 11.5 Å². The molecule has 0 saturated heterocycles. The molecule has 2 aromatic rings. The first-order chi connectivity index (χ1) is 14.9. The Hall–Kier alpha value is -3.69. The molecular formula is C21H22N2O8. The second-order valence-electron chi connectivity index (χ2n) is 6.91. The number of carbonyl (C=O) groups excluding carboxylic acids is 2. The van der Waals surface area contributed by atoms with Gasteiger partial charge in [0.25, 0.3) is 5.56 Å². The summed E-state index contributed by atoms with van der Waals surface area (Å²) in [5.74, 6) is -2.98. The van der Waals surface area contributed by atoms with Crippen molar-refractivity contribution in [2.24, 2.45) is 5.92 Å². The van der Waals surface area contributed by atoms with Gasteiger partial charge in [-0.2, -0.15) is 0 Å². The van der Waals surface area contributed by atoms with E-state index >= 15 is 0 Å². The highest BCUT2D eigenvalue weighted by Crippen LogP contribution is 2.37. The molecule has 0 aliphatic carbocycles. The molecule has 0 bridgehead atoms. The summed E-state index contributed by atoms with van der Waals surface area (Å²) in [5, 5.41) is 11.4. The highest BCUT2D eigenvalue weighted by molar-refractivity contribution is 6.00. The van der Waals surface area contributed by atoms with Crippen molar-refractivity contribution in [1.29, 1.82) is 0 Å². The molecule has 1 aliphatic heterocycles. The molecule has 164 valence electrons. The molecule has 3 rings (SSSR count). The van der Waals surface area contributed by atoms with E-state index in [1.54, 1.807) is 31.2 Å². The topological polar surface area (TPSA) is 127 Å². The van der Waals surface area contributed by atoms with Gasteiger partial charge in [0.1, 0.15) is 11.7 Å². The maximum atomic E-state index is 13.1. The van der Waals surface area contributed by atoms with E-state index in [9.17, 15) is 24.5 Å². The minimum atomic E-state index is -1.40. The molecule has 0 N–H and O–H groups in total. The second-order valence-corrected chi connectivity index (χ2v) is 6.91. The van der Waals surface area contributed by atoms with E-state index in [0.717, 1.165) is 0 Å². The smallest absolute Gasteiger partial charge is 0.317 e. The van der Waals surface area contributed by atoms with Gasteiger partial charge in [-0.3, -0.25) is 24.5 Å². The average Bonchev–Trinajstić information content (AvgIpc) is 3.20. The van der Waals surface area contributed by atoms with E-state index in [1.807, 2.05) is 0 Å². The SMILES string of the molecule is CCOC(=O)C(C(=O)CCn1ccccc1=O)C(C[N+](=O)[O-])c1ccc2c(c1)OCO2. The van der Waals surface area contributed by atoms with Crippen LogP contribution in [-0.2, 0) is 20.9 Å². The fraction of sp³-hybridized carbons (Fsp3) is 0.381.